The summed E-state index contributed by atoms with van der Waals surface area (Å²) in [5.74, 6) is -0.0840. The van der Waals surface area contributed by atoms with Crippen LogP contribution in [-0.4, -0.2) is 9.67 Å². The highest BCUT2D eigenvalue weighted by molar-refractivity contribution is 5.59. The fourth-order valence-corrected chi connectivity index (χ4v) is 4.04. The van der Waals surface area contributed by atoms with Gasteiger partial charge in [0.05, 0.1) is 11.5 Å². The standard InChI is InChI=1S/C25H31N3O3/c1-13-9-18-20(23(30)28(13)8)19(15(12-26)22(27)31-18)14-10-16(24(2,3)4)21(29)17(11-14)25(5,6)7/h9-11,19,29H,27H2,1-8H3. The van der Waals surface area contributed by atoms with Gasteiger partial charge in [-0.2, -0.15) is 5.26 Å². The third kappa shape index (κ3) is 3.69. The smallest absolute Gasteiger partial charge is 0.258 e. The number of phenolic OH excluding ortho intramolecular Hbond substituents is 1. The van der Waals surface area contributed by atoms with Crippen LogP contribution in [0.15, 0.2) is 34.4 Å². The van der Waals surface area contributed by atoms with Gasteiger partial charge in [0.2, 0.25) is 5.88 Å². The number of rotatable bonds is 1. The van der Waals surface area contributed by atoms with E-state index in [0.29, 0.717) is 11.3 Å². The van der Waals surface area contributed by atoms with Crippen molar-refractivity contribution in [1.29, 1.82) is 5.26 Å². The first kappa shape index (κ1) is 22.5. The number of nitrogens with two attached hydrogens (primary N) is 1. The molecule has 2 aromatic rings. The number of aromatic hydroxyl groups is 1. The number of pyridine rings is 1. The number of hydrogen-bond donors (Lipinski definition) is 2. The quantitative estimate of drug-likeness (QED) is 0.718. The van der Waals surface area contributed by atoms with Crippen LogP contribution in [0.5, 0.6) is 11.5 Å². The molecule has 1 unspecified atom stereocenters. The molecule has 0 bridgehead atoms. The summed E-state index contributed by atoms with van der Waals surface area (Å²) in [5, 5.41) is 21.0. The van der Waals surface area contributed by atoms with Crippen molar-refractivity contribution in [3.8, 4) is 17.6 Å². The van der Waals surface area contributed by atoms with Crippen LogP contribution in [0.1, 0.15) is 75.4 Å². The predicted molar refractivity (Wildman–Crippen MR) is 121 cm³/mol. The fourth-order valence-electron chi connectivity index (χ4n) is 4.04. The van der Waals surface area contributed by atoms with Gasteiger partial charge < -0.3 is 20.1 Å². The zero-order valence-electron chi connectivity index (χ0n) is 19.5. The van der Waals surface area contributed by atoms with Gasteiger partial charge in [0, 0.05) is 18.8 Å². The lowest BCUT2D eigenvalue weighted by molar-refractivity contribution is 0.389. The summed E-state index contributed by atoms with van der Waals surface area (Å²) in [5.41, 5.74) is 8.73. The minimum atomic E-state index is -0.684. The molecule has 164 valence electrons. The highest BCUT2D eigenvalue weighted by atomic mass is 16.5. The SMILES string of the molecule is Cc1cc2c(c(=O)n1C)C(c1cc(C(C)(C)C)c(O)c(C(C)(C)C)c1)C(C#N)=C(N)O2. The van der Waals surface area contributed by atoms with Crippen molar-refractivity contribution in [2.75, 3.05) is 0 Å². The first-order valence-corrected chi connectivity index (χ1v) is 10.3. The van der Waals surface area contributed by atoms with Crippen LogP contribution in [0.25, 0.3) is 0 Å². The van der Waals surface area contributed by atoms with Gasteiger partial charge in [-0.05, 0) is 34.4 Å². The fraction of sp³-hybridized carbons (Fsp3) is 0.440. The lowest BCUT2D eigenvalue weighted by Crippen LogP contribution is -2.32. The van der Waals surface area contributed by atoms with Crippen molar-refractivity contribution in [1.82, 2.24) is 4.57 Å². The van der Waals surface area contributed by atoms with Crippen LogP contribution in [0.2, 0.25) is 0 Å². The molecule has 1 aromatic carbocycles. The summed E-state index contributed by atoms with van der Waals surface area (Å²) in [6.45, 7) is 13.9. The van der Waals surface area contributed by atoms with E-state index < -0.39 is 5.92 Å². The van der Waals surface area contributed by atoms with Crippen LogP contribution in [-0.2, 0) is 17.9 Å². The molecule has 6 nitrogen and oxygen atoms in total. The number of aryl methyl sites for hydroxylation is 1. The Morgan fingerprint density at radius 2 is 1.61 bits per heavy atom. The van der Waals surface area contributed by atoms with Gasteiger partial charge in [0.1, 0.15) is 23.1 Å². The van der Waals surface area contributed by atoms with E-state index in [4.69, 9.17) is 10.5 Å². The number of fused-ring (bicyclic) bond motifs is 1. The van der Waals surface area contributed by atoms with E-state index in [1.807, 2.05) is 60.6 Å². The van der Waals surface area contributed by atoms with Crippen LogP contribution in [0.3, 0.4) is 0 Å². The van der Waals surface area contributed by atoms with Crippen LogP contribution >= 0.6 is 0 Å². The second-order valence-corrected chi connectivity index (χ2v) is 10.3. The Balaban J connectivity index is 2.46. The number of nitriles is 1. The van der Waals surface area contributed by atoms with Crippen LogP contribution in [0.4, 0.5) is 0 Å². The minimum Gasteiger partial charge on any atom is -0.507 e. The lowest BCUT2D eigenvalue weighted by atomic mass is 9.75. The maximum atomic E-state index is 13.3. The first-order valence-electron chi connectivity index (χ1n) is 10.3. The number of benzene rings is 1. The Morgan fingerprint density at radius 3 is 2.06 bits per heavy atom. The molecule has 0 saturated heterocycles. The molecule has 2 heterocycles. The molecule has 3 rings (SSSR count). The highest BCUT2D eigenvalue weighted by Gasteiger charge is 2.36. The molecular weight excluding hydrogens is 390 g/mol. The van der Waals surface area contributed by atoms with E-state index in [2.05, 4.69) is 6.07 Å². The maximum absolute atomic E-state index is 13.3. The van der Waals surface area contributed by atoms with Crippen molar-refractivity contribution < 1.29 is 9.84 Å². The molecule has 1 atom stereocenters. The molecule has 6 heteroatoms. The Hall–Kier alpha value is -3.20. The number of nitrogens with zero attached hydrogens (tertiary/aromatic N) is 2. The van der Waals surface area contributed by atoms with Gasteiger partial charge in [-0.3, -0.25) is 4.79 Å². The van der Waals surface area contributed by atoms with E-state index in [1.165, 1.54) is 0 Å². The van der Waals surface area contributed by atoms with E-state index >= 15 is 0 Å². The van der Waals surface area contributed by atoms with Gasteiger partial charge in [-0.15, -0.1) is 0 Å². The summed E-state index contributed by atoms with van der Waals surface area (Å²) in [4.78, 5) is 13.3. The summed E-state index contributed by atoms with van der Waals surface area (Å²) < 4.78 is 7.24. The van der Waals surface area contributed by atoms with Gasteiger partial charge in [0.25, 0.3) is 5.56 Å². The number of aromatic nitrogens is 1. The normalized spacial score (nSPS) is 16.5. The number of phenols is 1. The molecule has 0 fully saturated rings. The van der Waals surface area contributed by atoms with Crippen molar-refractivity contribution in [3.63, 3.8) is 0 Å². The summed E-state index contributed by atoms with van der Waals surface area (Å²) in [6, 6.07) is 7.69. The molecule has 0 aliphatic carbocycles. The number of ether oxygens (including phenoxy) is 1. The third-order valence-electron chi connectivity index (χ3n) is 5.93. The average molecular weight is 422 g/mol. The monoisotopic (exact) mass is 421 g/mol. The molecule has 1 aliphatic rings. The molecule has 0 saturated carbocycles. The van der Waals surface area contributed by atoms with Gasteiger partial charge >= 0.3 is 0 Å². The topological polar surface area (TPSA) is 101 Å². The maximum Gasteiger partial charge on any atom is 0.258 e. The van der Waals surface area contributed by atoms with Crippen molar-refractivity contribution >= 4 is 0 Å². The zero-order chi connectivity index (χ0) is 23.5. The molecule has 0 spiro atoms. The molecule has 3 N–H and O–H groups in total. The minimum absolute atomic E-state index is 0.00431. The molecule has 0 amide bonds. The summed E-state index contributed by atoms with van der Waals surface area (Å²) >= 11 is 0. The summed E-state index contributed by atoms with van der Waals surface area (Å²) in [7, 11) is 1.70. The van der Waals surface area contributed by atoms with Crippen molar-refractivity contribution in [2.24, 2.45) is 12.8 Å². The van der Waals surface area contributed by atoms with E-state index in [-0.39, 0.29) is 33.6 Å². The Labute approximate surface area is 183 Å². The Bertz CT molecular complexity index is 1160. The largest absolute Gasteiger partial charge is 0.507 e. The highest BCUT2D eigenvalue weighted by Crippen LogP contribution is 2.46. The Morgan fingerprint density at radius 1 is 1.10 bits per heavy atom. The van der Waals surface area contributed by atoms with E-state index in [9.17, 15) is 15.2 Å². The van der Waals surface area contributed by atoms with Crippen molar-refractivity contribution in [3.05, 3.63) is 68.0 Å². The average Bonchev–Trinajstić information content (AvgIpc) is 2.63. The molecule has 0 radical (unpaired) electrons. The lowest BCUT2D eigenvalue weighted by Gasteiger charge is -2.31. The second-order valence-electron chi connectivity index (χ2n) is 10.3. The van der Waals surface area contributed by atoms with Crippen LogP contribution < -0.4 is 16.0 Å². The molecule has 31 heavy (non-hydrogen) atoms. The predicted octanol–water partition coefficient (Wildman–Crippen LogP) is 4.21. The van der Waals surface area contributed by atoms with Gasteiger partial charge in [-0.1, -0.05) is 53.7 Å². The zero-order valence-corrected chi connectivity index (χ0v) is 19.5. The Kier molecular flexibility index (Phi) is 5.22. The van der Waals surface area contributed by atoms with Crippen LogP contribution in [0, 0.1) is 18.3 Å². The first-order chi connectivity index (χ1) is 14.2. The van der Waals surface area contributed by atoms with E-state index in [1.54, 1.807) is 17.7 Å². The number of allylic oxidation sites excluding steroid dienone is 1. The second kappa shape index (κ2) is 7.19. The molecular formula is C25H31N3O3. The molecule has 1 aromatic heterocycles. The summed E-state index contributed by atoms with van der Waals surface area (Å²) in [6.07, 6.45) is 0. The van der Waals surface area contributed by atoms with Gasteiger partial charge in [0.15, 0.2) is 0 Å². The van der Waals surface area contributed by atoms with Gasteiger partial charge in [-0.25, -0.2) is 0 Å². The van der Waals surface area contributed by atoms with E-state index in [0.717, 1.165) is 22.4 Å². The molecule has 1 aliphatic heterocycles. The van der Waals surface area contributed by atoms with Crippen molar-refractivity contribution in [2.45, 2.75) is 65.2 Å². The third-order valence-corrected chi connectivity index (χ3v) is 5.93. The number of hydrogen-bond acceptors (Lipinski definition) is 5.